The van der Waals surface area contributed by atoms with Gasteiger partial charge in [-0.15, -0.1) is 0 Å². The molecule has 1 rings (SSSR count). The number of rotatable bonds is 9. The SMILES string of the molecule is CCCCCCCC(N)c1cnn(CCC)c1. The molecule has 2 N–H and O–H groups in total. The predicted octanol–water partition coefficient (Wildman–Crippen LogP) is 3.65. The van der Waals surface area contributed by atoms with Crippen molar-refractivity contribution in [2.75, 3.05) is 0 Å². The van der Waals surface area contributed by atoms with E-state index in [4.69, 9.17) is 5.73 Å². The van der Waals surface area contributed by atoms with Crippen LogP contribution in [0.25, 0.3) is 0 Å². The number of nitrogens with zero attached hydrogens (tertiary/aromatic N) is 2. The Balaban J connectivity index is 2.23. The quantitative estimate of drug-likeness (QED) is 0.666. The first-order valence-corrected chi connectivity index (χ1v) is 7.05. The zero-order chi connectivity index (χ0) is 12.5. The van der Waals surface area contributed by atoms with Gasteiger partial charge in [0.2, 0.25) is 0 Å². The zero-order valence-electron chi connectivity index (χ0n) is 11.4. The van der Waals surface area contributed by atoms with Crippen molar-refractivity contribution in [2.45, 2.75) is 71.4 Å². The van der Waals surface area contributed by atoms with Gasteiger partial charge in [-0.05, 0) is 12.8 Å². The molecule has 0 saturated heterocycles. The van der Waals surface area contributed by atoms with E-state index < -0.39 is 0 Å². The van der Waals surface area contributed by atoms with Gasteiger partial charge in [0.25, 0.3) is 0 Å². The molecule has 0 aliphatic heterocycles. The Labute approximate surface area is 105 Å². The van der Waals surface area contributed by atoms with E-state index in [1.165, 1.54) is 37.7 Å². The highest BCUT2D eigenvalue weighted by molar-refractivity contribution is 5.09. The maximum absolute atomic E-state index is 6.17. The van der Waals surface area contributed by atoms with Crippen molar-refractivity contribution in [1.29, 1.82) is 0 Å². The summed E-state index contributed by atoms with van der Waals surface area (Å²) in [7, 11) is 0. The smallest absolute Gasteiger partial charge is 0.0537 e. The van der Waals surface area contributed by atoms with Gasteiger partial charge in [0.1, 0.15) is 0 Å². The van der Waals surface area contributed by atoms with Crippen molar-refractivity contribution >= 4 is 0 Å². The van der Waals surface area contributed by atoms with E-state index in [1.807, 2.05) is 10.9 Å². The average Bonchev–Trinajstić information content (AvgIpc) is 2.78. The van der Waals surface area contributed by atoms with E-state index in [9.17, 15) is 0 Å². The van der Waals surface area contributed by atoms with Crippen LogP contribution in [0.15, 0.2) is 12.4 Å². The Hall–Kier alpha value is -0.830. The summed E-state index contributed by atoms with van der Waals surface area (Å²) < 4.78 is 1.99. The Bertz CT molecular complexity index is 293. The van der Waals surface area contributed by atoms with Crippen molar-refractivity contribution in [3.63, 3.8) is 0 Å². The van der Waals surface area contributed by atoms with Crippen LogP contribution in [0.2, 0.25) is 0 Å². The van der Waals surface area contributed by atoms with Gasteiger partial charge in [0.15, 0.2) is 0 Å². The lowest BCUT2D eigenvalue weighted by Gasteiger charge is -2.08. The number of aryl methyl sites for hydroxylation is 1. The summed E-state index contributed by atoms with van der Waals surface area (Å²) in [4.78, 5) is 0. The predicted molar refractivity (Wildman–Crippen MR) is 72.8 cm³/mol. The van der Waals surface area contributed by atoms with Crippen LogP contribution in [0.1, 0.15) is 70.4 Å². The highest BCUT2D eigenvalue weighted by Crippen LogP contribution is 2.17. The molecule has 1 heterocycles. The van der Waals surface area contributed by atoms with Crippen molar-refractivity contribution in [3.8, 4) is 0 Å². The van der Waals surface area contributed by atoms with Gasteiger partial charge in [-0.3, -0.25) is 4.68 Å². The lowest BCUT2D eigenvalue weighted by atomic mass is 10.0. The van der Waals surface area contributed by atoms with Crippen molar-refractivity contribution < 1.29 is 0 Å². The molecule has 3 heteroatoms. The monoisotopic (exact) mass is 237 g/mol. The summed E-state index contributed by atoms with van der Waals surface area (Å²) in [5.74, 6) is 0. The summed E-state index contributed by atoms with van der Waals surface area (Å²) in [6.45, 7) is 5.39. The molecular formula is C14H27N3. The van der Waals surface area contributed by atoms with E-state index in [-0.39, 0.29) is 6.04 Å². The molecule has 0 aliphatic carbocycles. The molecule has 0 spiro atoms. The summed E-state index contributed by atoms with van der Waals surface area (Å²) in [5, 5.41) is 4.32. The Morgan fingerprint density at radius 1 is 1.18 bits per heavy atom. The van der Waals surface area contributed by atoms with Crippen LogP contribution < -0.4 is 5.73 Å². The molecule has 1 aromatic heterocycles. The maximum Gasteiger partial charge on any atom is 0.0537 e. The summed E-state index contributed by atoms with van der Waals surface area (Å²) in [6, 6.07) is 0.169. The van der Waals surface area contributed by atoms with Crippen LogP contribution >= 0.6 is 0 Å². The van der Waals surface area contributed by atoms with E-state index in [0.717, 1.165) is 19.4 Å². The molecule has 0 fully saturated rings. The molecule has 1 unspecified atom stereocenters. The summed E-state index contributed by atoms with van der Waals surface area (Å²) >= 11 is 0. The minimum atomic E-state index is 0.169. The fourth-order valence-corrected chi connectivity index (χ4v) is 2.06. The first kappa shape index (κ1) is 14.2. The molecule has 98 valence electrons. The van der Waals surface area contributed by atoms with E-state index in [1.54, 1.807) is 0 Å². The molecule has 1 atom stereocenters. The van der Waals surface area contributed by atoms with Crippen LogP contribution in [-0.4, -0.2) is 9.78 Å². The second-order valence-electron chi connectivity index (χ2n) is 4.85. The molecule has 0 saturated carbocycles. The van der Waals surface area contributed by atoms with Gasteiger partial charge < -0.3 is 5.73 Å². The normalized spacial score (nSPS) is 12.9. The Kier molecular flexibility index (Phi) is 6.94. The molecule has 0 aliphatic rings. The third-order valence-corrected chi connectivity index (χ3v) is 3.15. The first-order chi connectivity index (χ1) is 8.27. The third-order valence-electron chi connectivity index (χ3n) is 3.15. The minimum Gasteiger partial charge on any atom is -0.324 e. The van der Waals surface area contributed by atoms with Gasteiger partial charge in [0, 0.05) is 24.3 Å². The lowest BCUT2D eigenvalue weighted by Crippen LogP contribution is -2.09. The number of hydrogen-bond acceptors (Lipinski definition) is 2. The fourth-order valence-electron chi connectivity index (χ4n) is 2.06. The van der Waals surface area contributed by atoms with Gasteiger partial charge in [0.05, 0.1) is 6.20 Å². The molecule has 0 radical (unpaired) electrons. The fraction of sp³-hybridized carbons (Fsp3) is 0.786. The molecular weight excluding hydrogens is 210 g/mol. The second kappa shape index (κ2) is 8.29. The van der Waals surface area contributed by atoms with E-state index in [2.05, 4.69) is 25.1 Å². The average molecular weight is 237 g/mol. The van der Waals surface area contributed by atoms with Gasteiger partial charge >= 0.3 is 0 Å². The van der Waals surface area contributed by atoms with Crippen LogP contribution in [0, 0.1) is 0 Å². The second-order valence-corrected chi connectivity index (χ2v) is 4.85. The lowest BCUT2D eigenvalue weighted by molar-refractivity contribution is 0.553. The van der Waals surface area contributed by atoms with Crippen molar-refractivity contribution in [2.24, 2.45) is 5.73 Å². The molecule has 0 bridgehead atoms. The van der Waals surface area contributed by atoms with Crippen LogP contribution in [0.4, 0.5) is 0 Å². The standard InChI is InChI=1S/C14H27N3/c1-3-5-6-7-8-9-14(15)13-11-16-17(12-13)10-4-2/h11-12,14H,3-10,15H2,1-2H3. The molecule has 17 heavy (non-hydrogen) atoms. The van der Waals surface area contributed by atoms with E-state index in [0.29, 0.717) is 0 Å². The highest BCUT2D eigenvalue weighted by Gasteiger charge is 2.07. The minimum absolute atomic E-state index is 0.169. The molecule has 0 amide bonds. The van der Waals surface area contributed by atoms with E-state index >= 15 is 0 Å². The zero-order valence-corrected chi connectivity index (χ0v) is 11.4. The van der Waals surface area contributed by atoms with Crippen molar-refractivity contribution in [1.82, 2.24) is 9.78 Å². The number of aromatic nitrogens is 2. The Morgan fingerprint density at radius 2 is 1.94 bits per heavy atom. The first-order valence-electron chi connectivity index (χ1n) is 7.05. The topological polar surface area (TPSA) is 43.8 Å². The molecule has 0 aromatic carbocycles. The summed E-state index contributed by atoms with van der Waals surface area (Å²) in [5.41, 5.74) is 7.35. The van der Waals surface area contributed by atoms with Gasteiger partial charge in [-0.1, -0.05) is 46.0 Å². The highest BCUT2D eigenvalue weighted by atomic mass is 15.3. The largest absolute Gasteiger partial charge is 0.324 e. The molecule has 1 aromatic rings. The third kappa shape index (κ3) is 5.35. The molecule has 3 nitrogen and oxygen atoms in total. The van der Waals surface area contributed by atoms with Crippen LogP contribution in [-0.2, 0) is 6.54 Å². The van der Waals surface area contributed by atoms with Gasteiger partial charge in [-0.25, -0.2) is 0 Å². The summed E-state index contributed by atoms with van der Waals surface area (Å²) in [6.07, 6.45) is 12.8. The number of unbranched alkanes of at least 4 members (excludes halogenated alkanes) is 4. The van der Waals surface area contributed by atoms with Crippen LogP contribution in [0.5, 0.6) is 0 Å². The number of nitrogens with two attached hydrogens (primary N) is 1. The maximum atomic E-state index is 6.17. The number of hydrogen-bond donors (Lipinski definition) is 1. The van der Waals surface area contributed by atoms with Crippen LogP contribution in [0.3, 0.4) is 0 Å². The van der Waals surface area contributed by atoms with Crippen molar-refractivity contribution in [3.05, 3.63) is 18.0 Å². The Morgan fingerprint density at radius 3 is 2.65 bits per heavy atom. The van der Waals surface area contributed by atoms with Gasteiger partial charge in [-0.2, -0.15) is 5.10 Å².